The number of methoxy groups -OCH3 is 1. The van der Waals surface area contributed by atoms with Crippen LogP contribution < -0.4 is 20.1 Å². The highest BCUT2D eigenvalue weighted by Crippen LogP contribution is 2.30. The Kier molecular flexibility index (Phi) is 9.76. The minimum atomic E-state index is -0.505. The predicted molar refractivity (Wildman–Crippen MR) is 128 cm³/mol. The van der Waals surface area contributed by atoms with Crippen LogP contribution in [0.2, 0.25) is 0 Å². The summed E-state index contributed by atoms with van der Waals surface area (Å²) in [5, 5.41) is 13.0. The number of hydrogen-bond donors (Lipinski definition) is 3. The molecule has 3 N–H and O–H groups in total. The van der Waals surface area contributed by atoms with Crippen LogP contribution in [0.3, 0.4) is 0 Å². The van der Waals surface area contributed by atoms with E-state index in [1.165, 1.54) is 6.21 Å². The van der Waals surface area contributed by atoms with Crippen molar-refractivity contribution in [2.75, 3.05) is 46.3 Å². The Balaban J connectivity index is 2.24. The normalized spacial score (nSPS) is 10.7. The molecule has 0 heterocycles. The first-order valence-electron chi connectivity index (χ1n) is 10.4. The SMILES string of the molecule is CCOC(=O)NCCOc1ccc(NC(=O)c2cccc(OC)c2)cc1/C(=C/C=N)N(C)C. The van der Waals surface area contributed by atoms with Crippen LogP contribution in [0.15, 0.2) is 48.5 Å². The molecule has 0 spiro atoms. The molecule has 0 radical (unpaired) electrons. The predicted octanol–water partition coefficient (Wildman–Crippen LogP) is 3.62. The minimum absolute atomic E-state index is 0.215. The number of carbonyl (C=O) groups is 2. The van der Waals surface area contributed by atoms with Gasteiger partial charge in [0.25, 0.3) is 5.91 Å². The van der Waals surface area contributed by atoms with Crippen LogP contribution in [0.1, 0.15) is 22.8 Å². The number of amides is 2. The molecule has 0 fully saturated rings. The largest absolute Gasteiger partial charge is 0.497 e. The third kappa shape index (κ3) is 7.57. The molecule has 0 aliphatic carbocycles. The molecule has 0 saturated carbocycles. The summed E-state index contributed by atoms with van der Waals surface area (Å²) in [5.41, 5.74) is 2.43. The third-order valence-electron chi connectivity index (χ3n) is 4.47. The van der Waals surface area contributed by atoms with E-state index in [-0.39, 0.29) is 19.1 Å². The molecule has 0 saturated heterocycles. The van der Waals surface area contributed by atoms with Crippen molar-refractivity contribution >= 4 is 29.6 Å². The summed E-state index contributed by atoms with van der Waals surface area (Å²) in [6.07, 6.45) is 2.31. The summed E-state index contributed by atoms with van der Waals surface area (Å²) >= 11 is 0. The lowest BCUT2D eigenvalue weighted by Gasteiger charge is -2.21. The van der Waals surface area contributed by atoms with Crippen LogP contribution in [-0.4, -0.2) is 64.1 Å². The van der Waals surface area contributed by atoms with E-state index in [1.807, 2.05) is 19.0 Å². The van der Waals surface area contributed by atoms with E-state index in [0.717, 1.165) is 5.70 Å². The van der Waals surface area contributed by atoms with E-state index in [0.29, 0.717) is 34.9 Å². The second-order valence-corrected chi connectivity index (χ2v) is 7.01. The fourth-order valence-electron chi connectivity index (χ4n) is 2.96. The van der Waals surface area contributed by atoms with Crippen molar-refractivity contribution in [2.45, 2.75) is 6.92 Å². The van der Waals surface area contributed by atoms with Gasteiger partial charge in [-0.05, 0) is 49.4 Å². The van der Waals surface area contributed by atoms with Gasteiger partial charge in [0.05, 0.1) is 20.3 Å². The van der Waals surface area contributed by atoms with Crippen molar-refractivity contribution in [2.24, 2.45) is 0 Å². The Labute approximate surface area is 193 Å². The zero-order valence-corrected chi connectivity index (χ0v) is 19.3. The van der Waals surface area contributed by atoms with Gasteiger partial charge >= 0.3 is 6.09 Å². The second kappa shape index (κ2) is 12.7. The summed E-state index contributed by atoms with van der Waals surface area (Å²) in [5.74, 6) is 0.851. The number of allylic oxidation sites excluding steroid dienone is 1. The summed E-state index contributed by atoms with van der Waals surface area (Å²) in [4.78, 5) is 26.0. The first-order valence-corrected chi connectivity index (χ1v) is 10.4. The lowest BCUT2D eigenvalue weighted by atomic mass is 10.1. The third-order valence-corrected chi connectivity index (χ3v) is 4.47. The number of hydrogen-bond acceptors (Lipinski definition) is 7. The highest BCUT2D eigenvalue weighted by Gasteiger charge is 2.14. The quantitative estimate of drug-likeness (QED) is 0.353. The van der Waals surface area contributed by atoms with E-state index in [9.17, 15) is 9.59 Å². The van der Waals surface area contributed by atoms with Crippen LogP contribution in [0, 0.1) is 5.41 Å². The number of anilines is 1. The number of nitrogens with zero attached hydrogens (tertiary/aromatic N) is 1. The molecule has 0 aromatic heterocycles. The van der Waals surface area contributed by atoms with Gasteiger partial charge in [-0.2, -0.15) is 0 Å². The van der Waals surface area contributed by atoms with Crippen molar-refractivity contribution in [1.82, 2.24) is 10.2 Å². The molecule has 2 aromatic carbocycles. The Hall–Kier alpha value is -4.01. The lowest BCUT2D eigenvalue weighted by molar-refractivity contribution is 0.102. The number of alkyl carbamates (subject to hydrolysis) is 1. The average molecular weight is 455 g/mol. The highest BCUT2D eigenvalue weighted by atomic mass is 16.5. The number of ether oxygens (including phenoxy) is 3. The molecule has 33 heavy (non-hydrogen) atoms. The molecule has 0 aliphatic heterocycles. The molecule has 2 aromatic rings. The summed E-state index contributed by atoms with van der Waals surface area (Å²) < 4.78 is 15.9. The smallest absolute Gasteiger partial charge is 0.407 e. The lowest BCUT2D eigenvalue weighted by Crippen LogP contribution is -2.28. The molecule has 0 unspecified atom stereocenters. The molecular weight excluding hydrogens is 424 g/mol. The van der Waals surface area contributed by atoms with Gasteiger partial charge in [0.2, 0.25) is 0 Å². The van der Waals surface area contributed by atoms with Gasteiger partial charge in [-0.15, -0.1) is 0 Å². The summed E-state index contributed by atoms with van der Waals surface area (Å²) in [6.45, 7) is 2.50. The average Bonchev–Trinajstić information content (AvgIpc) is 2.81. The Morgan fingerprint density at radius 1 is 1.15 bits per heavy atom. The zero-order valence-electron chi connectivity index (χ0n) is 19.3. The zero-order chi connectivity index (χ0) is 24.2. The highest BCUT2D eigenvalue weighted by molar-refractivity contribution is 6.04. The maximum absolute atomic E-state index is 12.7. The first kappa shape index (κ1) is 25.3. The van der Waals surface area contributed by atoms with E-state index in [1.54, 1.807) is 62.6 Å². The van der Waals surface area contributed by atoms with Crippen molar-refractivity contribution in [3.8, 4) is 11.5 Å². The van der Waals surface area contributed by atoms with Gasteiger partial charge < -0.3 is 35.2 Å². The van der Waals surface area contributed by atoms with Gasteiger partial charge in [-0.3, -0.25) is 4.79 Å². The number of rotatable bonds is 11. The van der Waals surface area contributed by atoms with E-state index < -0.39 is 6.09 Å². The molecule has 9 heteroatoms. The van der Waals surface area contributed by atoms with Gasteiger partial charge in [0, 0.05) is 42.8 Å². The van der Waals surface area contributed by atoms with Gasteiger partial charge in [-0.25, -0.2) is 4.79 Å². The monoisotopic (exact) mass is 454 g/mol. The Bertz CT molecular complexity index is 1000. The van der Waals surface area contributed by atoms with Crippen molar-refractivity contribution in [1.29, 1.82) is 5.41 Å². The topological polar surface area (TPSA) is 113 Å². The van der Waals surface area contributed by atoms with Crippen molar-refractivity contribution in [3.63, 3.8) is 0 Å². The minimum Gasteiger partial charge on any atom is -0.497 e. The van der Waals surface area contributed by atoms with Crippen molar-refractivity contribution in [3.05, 3.63) is 59.7 Å². The van der Waals surface area contributed by atoms with Crippen LogP contribution in [-0.2, 0) is 4.74 Å². The molecular formula is C24H30N4O5. The van der Waals surface area contributed by atoms with Crippen LogP contribution >= 0.6 is 0 Å². The molecule has 2 rings (SSSR count). The molecule has 9 nitrogen and oxygen atoms in total. The van der Waals surface area contributed by atoms with Crippen LogP contribution in [0.25, 0.3) is 5.70 Å². The molecule has 176 valence electrons. The maximum atomic E-state index is 12.7. The Morgan fingerprint density at radius 2 is 1.94 bits per heavy atom. The van der Waals surface area contributed by atoms with Gasteiger partial charge in [-0.1, -0.05) is 6.07 Å². The van der Waals surface area contributed by atoms with E-state index >= 15 is 0 Å². The summed E-state index contributed by atoms with van der Waals surface area (Å²) in [7, 11) is 5.24. The first-order chi connectivity index (χ1) is 15.9. The maximum Gasteiger partial charge on any atom is 0.407 e. The second-order valence-electron chi connectivity index (χ2n) is 7.01. The van der Waals surface area contributed by atoms with Crippen LogP contribution in [0.5, 0.6) is 11.5 Å². The fraction of sp³-hybridized carbons (Fsp3) is 0.292. The van der Waals surface area contributed by atoms with E-state index in [2.05, 4.69) is 10.6 Å². The van der Waals surface area contributed by atoms with E-state index in [4.69, 9.17) is 19.6 Å². The number of carbonyl (C=O) groups excluding carboxylic acids is 2. The standard InChI is InChI=1S/C24H30N4O5/c1-5-32-24(30)26-13-14-33-22-10-9-18(16-20(22)21(11-12-25)28(2)3)27-23(29)17-7-6-8-19(15-17)31-4/h6-12,15-16,25H,5,13-14H2,1-4H3,(H,26,30)(H,27,29)/b21-11-,25-12?. The van der Waals surface area contributed by atoms with Crippen molar-refractivity contribution < 1.29 is 23.8 Å². The Morgan fingerprint density at radius 3 is 2.61 bits per heavy atom. The fourth-order valence-corrected chi connectivity index (χ4v) is 2.96. The molecule has 0 atom stereocenters. The number of benzene rings is 2. The number of nitrogens with one attached hydrogen (secondary N) is 3. The van der Waals surface area contributed by atoms with Gasteiger partial charge in [0.1, 0.15) is 18.1 Å². The molecule has 0 aliphatic rings. The summed E-state index contributed by atoms with van der Waals surface area (Å²) in [6, 6.07) is 12.1. The molecule has 2 amide bonds. The van der Waals surface area contributed by atoms with Gasteiger partial charge in [0.15, 0.2) is 0 Å². The van der Waals surface area contributed by atoms with Crippen LogP contribution in [0.4, 0.5) is 10.5 Å². The molecule has 0 bridgehead atoms.